The highest BCUT2D eigenvalue weighted by atomic mass is 19.4. The minimum Gasteiger partial charge on any atom is -0.446 e. The molecule has 1 aromatic heterocycles. The number of carbonyl (C=O) groups excluding carboxylic acids is 2. The van der Waals surface area contributed by atoms with E-state index in [0.29, 0.717) is 31.7 Å². The van der Waals surface area contributed by atoms with Crippen LogP contribution in [0, 0.1) is 0 Å². The molecule has 1 N–H and O–H groups in total. The molecule has 0 saturated carbocycles. The standard InChI is InChI=1S/C22H25F6N3O5/c1-34-7-3-5-29-19(32)17-13-36-18(30-17)12-31(6-4-8-35-2)20(33)14-9-15(21(23,24)25)11-16(10-14)22(26,27)28/h9-11,13H,3-8,12H2,1-2H3,(H,29,32). The second-order valence-corrected chi connectivity index (χ2v) is 7.60. The smallest absolute Gasteiger partial charge is 0.416 e. The van der Waals surface area contributed by atoms with Crippen molar-refractivity contribution >= 4 is 11.8 Å². The molecule has 0 spiro atoms. The predicted molar refractivity (Wildman–Crippen MR) is 113 cm³/mol. The largest absolute Gasteiger partial charge is 0.446 e. The third kappa shape index (κ3) is 8.52. The number of benzene rings is 1. The van der Waals surface area contributed by atoms with Gasteiger partial charge >= 0.3 is 12.4 Å². The lowest BCUT2D eigenvalue weighted by Crippen LogP contribution is -2.33. The van der Waals surface area contributed by atoms with Gasteiger partial charge < -0.3 is 24.1 Å². The number of alkyl halides is 6. The number of nitrogens with one attached hydrogen (secondary N) is 1. The molecule has 2 rings (SSSR count). The first-order valence-electron chi connectivity index (χ1n) is 10.7. The van der Waals surface area contributed by atoms with Gasteiger partial charge in [-0.25, -0.2) is 4.98 Å². The Kier molecular flexibility index (Phi) is 10.3. The van der Waals surface area contributed by atoms with E-state index in [1.54, 1.807) is 0 Å². The number of aromatic nitrogens is 1. The number of amides is 2. The lowest BCUT2D eigenvalue weighted by atomic mass is 10.0. The van der Waals surface area contributed by atoms with Crippen molar-refractivity contribution in [3.63, 3.8) is 0 Å². The fourth-order valence-electron chi connectivity index (χ4n) is 3.07. The quantitative estimate of drug-likeness (QED) is 0.331. The van der Waals surface area contributed by atoms with Crippen molar-refractivity contribution in [2.45, 2.75) is 31.7 Å². The lowest BCUT2D eigenvalue weighted by Gasteiger charge is -2.22. The zero-order valence-corrected chi connectivity index (χ0v) is 19.5. The fourth-order valence-corrected chi connectivity index (χ4v) is 3.07. The second-order valence-electron chi connectivity index (χ2n) is 7.60. The molecule has 0 radical (unpaired) electrons. The maximum atomic E-state index is 13.2. The van der Waals surface area contributed by atoms with Crippen molar-refractivity contribution < 1.29 is 49.8 Å². The summed E-state index contributed by atoms with van der Waals surface area (Å²) in [6.07, 6.45) is -8.41. The zero-order chi connectivity index (χ0) is 26.9. The summed E-state index contributed by atoms with van der Waals surface area (Å²) < 4.78 is 94.4. The molecule has 0 aliphatic carbocycles. The van der Waals surface area contributed by atoms with E-state index in [-0.39, 0.29) is 37.2 Å². The van der Waals surface area contributed by atoms with Crippen LogP contribution in [0.25, 0.3) is 0 Å². The normalized spacial score (nSPS) is 12.0. The summed E-state index contributed by atoms with van der Waals surface area (Å²) in [6.45, 7) is 0.394. The van der Waals surface area contributed by atoms with Crippen molar-refractivity contribution in [1.29, 1.82) is 0 Å². The monoisotopic (exact) mass is 525 g/mol. The molecule has 36 heavy (non-hydrogen) atoms. The topological polar surface area (TPSA) is 93.9 Å². The van der Waals surface area contributed by atoms with Crippen LogP contribution in [0.15, 0.2) is 28.9 Å². The molecule has 0 aliphatic rings. The molecule has 8 nitrogen and oxygen atoms in total. The van der Waals surface area contributed by atoms with Crippen LogP contribution < -0.4 is 5.32 Å². The number of carbonyl (C=O) groups is 2. The first-order valence-corrected chi connectivity index (χ1v) is 10.7. The van der Waals surface area contributed by atoms with Gasteiger partial charge in [0.1, 0.15) is 6.26 Å². The van der Waals surface area contributed by atoms with Crippen LogP contribution in [0.3, 0.4) is 0 Å². The molecule has 200 valence electrons. The number of hydrogen-bond acceptors (Lipinski definition) is 6. The molecule has 2 amide bonds. The lowest BCUT2D eigenvalue weighted by molar-refractivity contribution is -0.143. The van der Waals surface area contributed by atoms with Crippen LogP contribution in [0.1, 0.15) is 50.7 Å². The summed E-state index contributed by atoms with van der Waals surface area (Å²) in [4.78, 5) is 30.1. The number of halogens is 6. The van der Waals surface area contributed by atoms with Gasteiger partial charge in [-0.15, -0.1) is 0 Å². The predicted octanol–water partition coefficient (Wildman–Crippen LogP) is 4.16. The van der Waals surface area contributed by atoms with Gasteiger partial charge in [-0.05, 0) is 31.0 Å². The van der Waals surface area contributed by atoms with Gasteiger partial charge in [0, 0.05) is 46.1 Å². The van der Waals surface area contributed by atoms with E-state index in [0.717, 1.165) is 11.2 Å². The second kappa shape index (κ2) is 12.7. The van der Waals surface area contributed by atoms with Gasteiger partial charge in [0.2, 0.25) is 5.89 Å². The minimum absolute atomic E-state index is 0.0579. The molecule has 14 heteroatoms. The van der Waals surface area contributed by atoms with Crippen molar-refractivity contribution in [2.24, 2.45) is 0 Å². The van der Waals surface area contributed by atoms with Crippen LogP contribution >= 0.6 is 0 Å². The molecule has 0 fully saturated rings. The van der Waals surface area contributed by atoms with Gasteiger partial charge in [-0.2, -0.15) is 26.3 Å². The first-order chi connectivity index (χ1) is 16.9. The summed E-state index contributed by atoms with van der Waals surface area (Å²) in [6, 6.07) is 0.655. The summed E-state index contributed by atoms with van der Waals surface area (Å²) in [7, 11) is 2.90. The Morgan fingerprint density at radius 2 is 1.56 bits per heavy atom. The van der Waals surface area contributed by atoms with Gasteiger partial charge in [-0.3, -0.25) is 9.59 Å². The fraction of sp³-hybridized carbons (Fsp3) is 0.500. The third-order valence-corrected chi connectivity index (χ3v) is 4.82. The number of oxazole rings is 1. The summed E-state index contributed by atoms with van der Waals surface area (Å²) in [5.41, 5.74) is -4.13. The summed E-state index contributed by atoms with van der Waals surface area (Å²) in [5.74, 6) is -1.80. The summed E-state index contributed by atoms with van der Waals surface area (Å²) in [5, 5.41) is 2.58. The average molecular weight is 525 g/mol. The Balaban J connectivity index is 2.29. The van der Waals surface area contributed by atoms with Gasteiger partial charge in [-0.1, -0.05) is 0 Å². The number of nitrogens with zero attached hydrogens (tertiary/aromatic N) is 2. The van der Waals surface area contributed by atoms with E-state index in [4.69, 9.17) is 13.9 Å². The highest BCUT2D eigenvalue weighted by Crippen LogP contribution is 2.36. The van der Waals surface area contributed by atoms with Crippen LogP contribution in [0.5, 0.6) is 0 Å². The van der Waals surface area contributed by atoms with E-state index in [2.05, 4.69) is 10.3 Å². The van der Waals surface area contributed by atoms with Crippen LogP contribution in [-0.2, 0) is 28.4 Å². The molecule has 1 heterocycles. The number of hydrogen-bond donors (Lipinski definition) is 1. The van der Waals surface area contributed by atoms with Crippen LogP contribution in [-0.4, -0.2) is 62.2 Å². The van der Waals surface area contributed by atoms with E-state index in [9.17, 15) is 35.9 Å². The number of methoxy groups -OCH3 is 2. The van der Waals surface area contributed by atoms with Crippen molar-refractivity contribution in [1.82, 2.24) is 15.2 Å². The third-order valence-electron chi connectivity index (χ3n) is 4.82. The molecular weight excluding hydrogens is 500 g/mol. The Labute approximate surface area is 202 Å². The highest BCUT2D eigenvalue weighted by molar-refractivity contribution is 5.95. The SMILES string of the molecule is COCCCNC(=O)c1coc(CN(CCCOC)C(=O)c2cc(C(F)(F)F)cc(C(F)(F)F)c2)n1. The summed E-state index contributed by atoms with van der Waals surface area (Å²) >= 11 is 0. The van der Waals surface area contributed by atoms with Crippen LogP contribution in [0.2, 0.25) is 0 Å². The minimum atomic E-state index is -5.11. The molecule has 0 saturated heterocycles. The molecule has 2 aromatic rings. The molecule has 0 atom stereocenters. The van der Waals surface area contributed by atoms with E-state index in [1.165, 1.54) is 14.2 Å². The molecule has 0 unspecified atom stereocenters. The number of rotatable bonds is 12. The van der Waals surface area contributed by atoms with Crippen molar-refractivity contribution in [3.05, 3.63) is 52.7 Å². The number of ether oxygens (including phenoxy) is 2. The zero-order valence-electron chi connectivity index (χ0n) is 19.5. The Morgan fingerprint density at radius 3 is 2.11 bits per heavy atom. The molecule has 1 aromatic carbocycles. The Hall–Kier alpha value is -3.13. The molecular formula is C22H25F6N3O5. The highest BCUT2D eigenvalue weighted by Gasteiger charge is 2.38. The Morgan fingerprint density at radius 1 is 0.972 bits per heavy atom. The van der Waals surface area contributed by atoms with Gasteiger partial charge in [0.15, 0.2) is 5.69 Å². The Bertz CT molecular complexity index is 990. The van der Waals surface area contributed by atoms with Gasteiger partial charge in [0.25, 0.3) is 11.8 Å². The van der Waals surface area contributed by atoms with E-state index < -0.39 is 47.4 Å². The van der Waals surface area contributed by atoms with Crippen molar-refractivity contribution in [3.8, 4) is 0 Å². The average Bonchev–Trinajstić information content (AvgIpc) is 3.28. The first kappa shape index (κ1) is 29.1. The van der Waals surface area contributed by atoms with Crippen LogP contribution in [0.4, 0.5) is 26.3 Å². The van der Waals surface area contributed by atoms with Crippen molar-refractivity contribution in [2.75, 3.05) is 40.5 Å². The van der Waals surface area contributed by atoms with E-state index >= 15 is 0 Å². The maximum absolute atomic E-state index is 13.2. The molecule has 0 aliphatic heterocycles. The van der Waals surface area contributed by atoms with Gasteiger partial charge in [0.05, 0.1) is 17.7 Å². The maximum Gasteiger partial charge on any atom is 0.416 e. The molecule has 0 bridgehead atoms. The van der Waals surface area contributed by atoms with E-state index in [1.807, 2.05) is 0 Å².